The SMILES string of the molecule is CC(C)C1CCNC2(CCCCCCC(O)CC2)C1. The number of aliphatic hydroxyl groups is 1. The van der Waals surface area contributed by atoms with Crippen molar-refractivity contribution in [1.82, 2.24) is 5.32 Å². The maximum absolute atomic E-state index is 10.1. The molecule has 2 N–H and O–H groups in total. The molecule has 1 saturated heterocycles. The van der Waals surface area contributed by atoms with Crippen molar-refractivity contribution in [2.45, 2.75) is 89.7 Å². The molecule has 1 spiro atoms. The molecule has 2 heteroatoms. The molecule has 3 unspecified atom stereocenters. The van der Waals surface area contributed by atoms with Gasteiger partial charge in [0.2, 0.25) is 0 Å². The second-order valence-electron chi connectivity index (χ2n) is 7.35. The van der Waals surface area contributed by atoms with E-state index in [1.165, 1.54) is 57.9 Å². The minimum absolute atomic E-state index is 0.0591. The van der Waals surface area contributed by atoms with Crippen molar-refractivity contribution >= 4 is 0 Å². The maximum atomic E-state index is 10.1. The number of piperidine rings is 1. The van der Waals surface area contributed by atoms with Crippen LogP contribution in [0.25, 0.3) is 0 Å². The Kier molecular flexibility index (Phi) is 5.70. The van der Waals surface area contributed by atoms with Crippen LogP contribution in [0.2, 0.25) is 0 Å². The van der Waals surface area contributed by atoms with Crippen molar-refractivity contribution in [1.29, 1.82) is 0 Å². The van der Waals surface area contributed by atoms with Gasteiger partial charge < -0.3 is 10.4 Å². The molecule has 0 aromatic heterocycles. The first-order valence-electron chi connectivity index (χ1n) is 8.54. The first-order valence-corrected chi connectivity index (χ1v) is 8.54. The molecule has 112 valence electrons. The van der Waals surface area contributed by atoms with E-state index in [0.29, 0.717) is 5.54 Å². The molecule has 2 rings (SSSR count). The van der Waals surface area contributed by atoms with Gasteiger partial charge in [-0.3, -0.25) is 0 Å². The predicted molar refractivity (Wildman–Crippen MR) is 81.2 cm³/mol. The summed E-state index contributed by atoms with van der Waals surface area (Å²) in [4.78, 5) is 0. The lowest BCUT2D eigenvalue weighted by atomic mass is 9.72. The fourth-order valence-corrected chi connectivity index (χ4v) is 4.06. The fourth-order valence-electron chi connectivity index (χ4n) is 4.06. The van der Waals surface area contributed by atoms with Gasteiger partial charge in [0.15, 0.2) is 0 Å². The van der Waals surface area contributed by atoms with Crippen LogP contribution in [0.4, 0.5) is 0 Å². The third-order valence-corrected chi connectivity index (χ3v) is 5.51. The highest BCUT2D eigenvalue weighted by molar-refractivity contribution is 4.95. The number of nitrogens with one attached hydrogen (secondary N) is 1. The van der Waals surface area contributed by atoms with Crippen LogP contribution in [0.3, 0.4) is 0 Å². The summed E-state index contributed by atoms with van der Waals surface area (Å²) in [5.41, 5.74) is 0.339. The average molecular weight is 267 g/mol. The van der Waals surface area contributed by atoms with Gasteiger partial charge in [-0.05, 0) is 56.9 Å². The number of hydrogen-bond acceptors (Lipinski definition) is 2. The van der Waals surface area contributed by atoms with Crippen LogP contribution in [0.5, 0.6) is 0 Å². The van der Waals surface area contributed by atoms with Crippen LogP contribution in [-0.2, 0) is 0 Å². The summed E-state index contributed by atoms with van der Waals surface area (Å²) in [6, 6.07) is 0. The topological polar surface area (TPSA) is 32.3 Å². The zero-order chi connectivity index (χ0) is 13.7. The Morgan fingerprint density at radius 2 is 1.79 bits per heavy atom. The zero-order valence-electron chi connectivity index (χ0n) is 13.0. The molecule has 2 nitrogen and oxygen atoms in total. The Morgan fingerprint density at radius 1 is 1.00 bits per heavy atom. The molecule has 1 aliphatic carbocycles. The Bertz CT molecular complexity index is 266. The maximum Gasteiger partial charge on any atom is 0.0541 e. The van der Waals surface area contributed by atoms with Crippen molar-refractivity contribution in [3.05, 3.63) is 0 Å². The third-order valence-electron chi connectivity index (χ3n) is 5.51. The fraction of sp³-hybridized carbons (Fsp3) is 1.00. The molecule has 1 aliphatic heterocycles. The summed E-state index contributed by atoms with van der Waals surface area (Å²) in [5.74, 6) is 1.68. The van der Waals surface area contributed by atoms with Crippen molar-refractivity contribution in [2.75, 3.05) is 6.54 Å². The molecule has 2 aliphatic rings. The van der Waals surface area contributed by atoms with Gasteiger partial charge in [-0.25, -0.2) is 0 Å². The second-order valence-corrected chi connectivity index (χ2v) is 7.35. The van der Waals surface area contributed by atoms with E-state index in [-0.39, 0.29) is 6.10 Å². The lowest BCUT2D eigenvalue weighted by Gasteiger charge is -2.44. The average Bonchev–Trinajstić information content (AvgIpc) is 2.40. The van der Waals surface area contributed by atoms with Gasteiger partial charge in [-0.2, -0.15) is 0 Å². The van der Waals surface area contributed by atoms with Gasteiger partial charge >= 0.3 is 0 Å². The van der Waals surface area contributed by atoms with Crippen LogP contribution in [-0.4, -0.2) is 23.3 Å². The van der Waals surface area contributed by atoms with E-state index >= 15 is 0 Å². The minimum Gasteiger partial charge on any atom is -0.393 e. The Morgan fingerprint density at radius 3 is 2.58 bits per heavy atom. The van der Waals surface area contributed by atoms with Crippen molar-refractivity contribution in [3.8, 4) is 0 Å². The van der Waals surface area contributed by atoms with Crippen LogP contribution >= 0.6 is 0 Å². The van der Waals surface area contributed by atoms with E-state index in [2.05, 4.69) is 19.2 Å². The Balaban J connectivity index is 1.99. The zero-order valence-corrected chi connectivity index (χ0v) is 13.0. The molecule has 3 atom stereocenters. The standard InChI is InChI=1S/C17H33NO/c1-14(2)15-9-12-18-17(13-15)10-6-4-3-5-7-16(19)8-11-17/h14-16,18-19H,3-13H2,1-2H3. The monoisotopic (exact) mass is 267 g/mol. The van der Waals surface area contributed by atoms with E-state index in [1.807, 2.05) is 0 Å². The Hall–Kier alpha value is -0.0800. The third kappa shape index (κ3) is 4.46. The van der Waals surface area contributed by atoms with Crippen LogP contribution in [0.15, 0.2) is 0 Å². The lowest BCUT2D eigenvalue weighted by Crippen LogP contribution is -2.52. The molecule has 2 fully saturated rings. The highest BCUT2D eigenvalue weighted by Gasteiger charge is 2.36. The predicted octanol–water partition coefficient (Wildman–Crippen LogP) is 3.88. The smallest absolute Gasteiger partial charge is 0.0541 e. The van der Waals surface area contributed by atoms with E-state index in [9.17, 15) is 5.11 Å². The van der Waals surface area contributed by atoms with E-state index in [4.69, 9.17) is 0 Å². The summed E-state index contributed by atoms with van der Waals surface area (Å²) in [6.07, 6.45) is 12.4. The highest BCUT2D eigenvalue weighted by Crippen LogP contribution is 2.37. The molecule has 1 heterocycles. The van der Waals surface area contributed by atoms with Gasteiger partial charge in [0, 0.05) is 5.54 Å². The summed E-state index contributed by atoms with van der Waals surface area (Å²) in [5, 5.41) is 13.9. The Labute approximate surface area is 119 Å². The summed E-state index contributed by atoms with van der Waals surface area (Å²) < 4.78 is 0. The molecule has 1 saturated carbocycles. The van der Waals surface area contributed by atoms with Crippen molar-refractivity contribution in [3.63, 3.8) is 0 Å². The number of hydrogen-bond donors (Lipinski definition) is 2. The number of aliphatic hydroxyl groups excluding tert-OH is 1. The van der Waals surface area contributed by atoms with Crippen LogP contribution in [0, 0.1) is 11.8 Å². The summed E-state index contributed by atoms with van der Waals surface area (Å²) in [6.45, 7) is 5.93. The number of rotatable bonds is 1. The molecular weight excluding hydrogens is 234 g/mol. The van der Waals surface area contributed by atoms with Gasteiger partial charge in [-0.15, -0.1) is 0 Å². The van der Waals surface area contributed by atoms with Gasteiger partial charge in [-0.1, -0.05) is 39.5 Å². The molecule has 0 aromatic carbocycles. The molecule has 19 heavy (non-hydrogen) atoms. The molecular formula is C17H33NO. The first-order chi connectivity index (χ1) is 9.11. The van der Waals surface area contributed by atoms with Crippen molar-refractivity contribution < 1.29 is 5.11 Å². The normalized spacial score (nSPS) is 38.5. The van der Waals surface area contributed by atoms with Crippen LogP contribution in [0.1, 0.15) is 78.1 Å². The second kappa shape index (κ2) is 7.08. The van der Waals surface area contributed by atoms with E-state index < -0.39 is 0 Å². The minimum atomic E-state index is -0.0591. The highest BCUT2D eigenvalue weighted by atomic mass is 16.3. The molecule has 0 amide bonds. The quantitative estimate of drug-likeness (QED) is 0.756. The molecule has 0 radical (unpaired) electrons. The van der Waals surface area contributed by atoms with Crippen LogP contribution < -0.4 is 5.32 Å². The van der Waals surface area contributed by atoms with Gasteiger partial charge in [0.25, 0.3) is 0 Å². The molecule has 0 bridgehead atoms. The largest absolute Gasteiger partial charge is 0.393 e. The van der Waals surface area contributed by atoms with Crippen molar-refractivity contribution in [2.24, 2.45) is 11.8 Å². The molecule has 0 aromatic rings. The first kappa shape index (κ1) is 15.3. The van der Waals surface area contributed by atoms with Gasteiger partial charge in [0.1, 0.15) is 0 Å². The summed E-state index contributed by atoms with van der Waals surface area (Å²) in [7, 11) is 0. The van der Waals surface area contributed by atoms with E-state index in [0.717, 1.165) is 24.7 Å². The summed E-state index contributed by atoms with van der Waals surface area (Å²) >= 11 is 0. The van der Waals surface area contributed by atoms with Gasteiger partial charge in [0.05, 0.1) is 6.10 Å². The lowest BCUT2D eigenvalue weighted by molar-refractivity contribution is 0.0931. The van der Waals surface area contributed by atoms with E-state index in [1.54, 1.807) is 0 Å².